The van der Waals surface area contributed by atoms with Gasteiger partial charge in [-0.2, -0.15) is 11.8 Å². The molecule has 0 saturated carbocycles. The third-order valence-corrected chi connectivity index (χ3v) is 6.86. The summed E-state index contributed by atoms with van der Waals surface area (Å²) in [4.78, 5) is 14.8. The van der Waals surface area contributed by atoms with E-state index >= 15 is 0 Å². The van der Waals surface area contributed by atoms with E-state index in [0.717, 1.165) is 60.0 Å². The zero-order chi connectivity index (χ0) is 17.0. The third kappa shape index (κ3) is 4.25. The Balaban J connectivity index is 1.57. The number of ether oxygens (including phenoxy) is 1. The van der Waals surface area contributed by atoms with Crippen LogP contribution in [0.3, 0.4) is 0 Å². The van der Waals surface area contributed by atoms with Crippen molar-refractivity contribution in [2.24, 2.45) is 0 Å². The number of thioether (sulfide) groups is 1. The summed E-state index contributed by atoms with van der Waals surface area (Å²) in [5.74, 6) is 2.23. The Labute approximate surface area is 156 Å². The lowest BCUT2D eigenvalue weighted by Crippen LogP contribution is -2.59. The molecule has 2 fully saturated rings. The van der Waals surface area contributed by atoms with Crippen molar-refractivity contribution in [2.75, 3.05) is 49.7 Å². The van der Waals surface area contributed by atoms with Crippen molar-refractivity contribution < 1.29 is 9.53 Å². The molecule has 5 nitrogen and oxygen atoms in total. The number of halogens is 1. The summed E-state index contributed by atoms with van der Waals surface area (Å²) in [5, 5.41) is 6.01. The van der Waals surface area contributed by atoms with E-state index in [1.165, 1.54) is 0 Å². The number of carbonyl (C=O) groups is 1. The van der Waals surface area contributed by atoms with E-state index in [-0.39, 0.29) is 11.6 Å². The van der Waals surface area contributed by atoms with Gasteiger partial charge in [-0.05, 0) is 36.8 Å². The van der Waals surface area contributed by atoms with Crippen LogP contribution in [0.4, 0.5) is 10.5 Å². The van der Waals surface area contributed by atoms with Crippen LogP contribution in [0.1, 0.15) is 12.0 Å². The highest BCUT2D eigenvalue weighted by molar-refractivity contribution is 9.10. The van der Waals surface area contributed by atoms with Crippen LogP contribution in [0, 0.1) is 6.92 Å². The van der Waals surface area contributed by atoms with Gasteiger partial charge < -0.3 is 15.4 Å². The van der Waals surface area contributed by atoms with Crippen molar-refractivity contribution in [3.8, 4) is 0 Å². The summed E-state index contributed by atoms with van der Waals surface area (Å²) in [6.45, 7) is 6.19. The van der Waals surface area contributed by atoms with E-state index < -0.39 is 0 Å². The molecule has 2 N–H and O–H groups in total. The molecule has 24 heavy (non-hydrogen) atoms. The lowest BCUT2D eigenvalue weighted by atomic mass is 9.95. The molecule has 0 bridgehead atoms. The number of urea groups is 1. The van der Waals surface area contributed by atoms with Crippen LogP contribution in [-0.2, 0) is 4.74 Å². The Morgan fingerprint density at radius 1 is 1.42 bits per heavy atom. The third-order valence-electron chi connectivity index (χ3n) is 4.77. The Bertz CT molecular complexity index is 587. The van der Waals surface area contributed by atoms with Crippen molar-refractivity contribution in [1.82, 2.24) is 10.2 Å². The maximum absolute atomic E-state index is 12.3. The number of hydrogen-bond acceptors (Lipinski definition) is 4. The highest BCUT2D eigenvalue weighted by Crippen LogP contribution is 2.33. The van der Waals surface area contributed by atoms with Crippen molar-refractivity contribution in [2.45, 2.75) is 18.9 Å². The Morgan fingerprint density at radius 3 is 2.88 bits per heavy atom. The zero-order valence-corrected chi connectivity index (χ0v) is 16.3. The number of carbonyl (C=O) groups excluding carboxylic acids is 1. The summed E-state index contributed by atoms with van der Waals surface area (Å²) in [5.41, 5.74) is 2.01. The molecule has 1 aromatic rings. The van der Waals surface area contributed by atoms with Gasteiger partial charge in [-0.1, -0.05) is 22.0 Å². The fraction of sp³-hybridized carbons (Fsp3) is 0.588. The van der Waals surface area contributed by atoms with Crippen molar-refractivity contribution in [3.05, 3.63) is 28.2 Å². The minimum absolute atomic E-state index is 0.0691. The Hall–Kier alpha value is -0.760. The number of benzene rings is 1. The smallest absolute Gasteiger partial charge is 0.319 e. The summed E-state index contributed by atoms with van der Waals surface area (Å²) >= 11 is 5.47. The van der Waals surface area contributed by atoms with Gasteiger partial charge in [-0.3, -0.25) is 4.90 Å². The molecule has 2 aliphatic heterocycles. The van der Waals surface area contributed by atoms with Crippen LogP contribution in [0.15, 0.2) is 22.7 Å². The molecule has 2 saturated heterocycles. The SMILES string of the molecule is Cc1ccc(NC(=O)NCC2(N3CCOCC3)CCSC2)cc1Br. The van der Waals surface area contributed by atoms with E-state index in [0.29, 0.717) is 6.54 Å². The molecule has 7 heteroatoms. The van der Waals surface area contributed by atoms with Crippen LogP contribution in [0.5, 0.6) is 0 Å². The molecular weight excluding hydrogens is 390 g/mol. The molecule has 1 aromatic carbocycles. The highest BCUT2D eigenvalue weighted by Gasteiger charge is 2.40. The number of rotatable bonds is 4. The average molecular weight is 414 g/mol. The van der Waals surface area contributed by atoms with Crippen molar-refractivity contribution >= 4 is 39.4 Å². The van der Waals surface area contributed by atoms with E-state index in [9.17, 15) is 4.79 Å². The Kier molecular flexibility index (Phi) is 6.07. The predicted octanol–water partition coefficient (Wildman–Crippen LogP) is 3.09. The van der Waals surface area contributed by atoms with Gasteiger partial charge in [0.2, 0.25) is 0 Å². The van der Waals surface area contributed by atoms with Crippen molar-refractivity contribution in [1.29, 1.82) is 0 Å². The first-order chi connectivity index (χ1) is 11.6. The lowest BCUT2D eigenvalue weighted by molar-refractivity contribution is -0.0123. The molecule has 1 atom stereocenters. The fourth-order valence-electron chi connectivity index (χ4n) is 3.23. The quantitative estimate of drug-likeness (QED) is 0.795. The largest absolute Gasteiger partial charge is 0.379 e. The second-order valence-corrected chi connectivity index (χ2v) is 8.36. The average Bonchev–Trinajstić information content (AvgIpc) is 3.07. The molecule has 0 radical (unpaired) electrons. The number of anilines is 1. The van der Waals surface area contributed by atoms with E-state index in [4.69, 9.17) is 4.74 Å². The van der Waals surface area contributed by atoms with Gasteiger partial charge in [0.25, 0.3) is 0 Å². The number of hydrogen-bond donors (Lipinski definition) is 2. The van der Waals surface area contributed by atoms with Gasteiger partial charge in [-0.25, -0.2) is 4.79 Å². The Morgan fingerprint density at radius 2 is 2.21 bits per heavy atom. The minimum Gasteiger partial charge on any atom is -0.379 e. The zero-order valence-electron chi connectivity index (χ0n) is 13.9. The normalized spacial score (nSPS) is 24.8. The first kappa shape index (κ1) is 18.0. The molecule has 1 unspecified atom stereocenters. The van der Waals surface area contributed by atoms with Gasteiger partial charge in [-0.15, -0.1) is 0 Å². The molecule has 132 valence electrons. The molecular formula is C17H24BrN3O2S. The second-order valence-electron chi connectivity index (χ2n) is 6.40. The van der Waals surface area contributed by atoms with E-state index in [2.05, 4.69) is 31.5 Å². The molecule has 2 amide bonds. The maximum atomic E-state index is 12.3. The maximum Gasteiger partial charge on any atom is 0.319 e. The van der Waals surface area contributed by atoms with E-state index in [1.807, 2.05) is 36.9 Å². The number of amides is 2. The standard InChI is InChI=1S/C17H24BrN3O2S/c1-13-2-3-14(10-15(13)18)20-16(22)19-11-17(4-9-24-12-17)21-5-7-23-8-6-21/h2-3,10H,4-9,11-12H2,1H3,(H2,19,20,22). The number of aryl methyl sites for hydroxylation is 1. The van der Waals surface area contributed by atoms with Crippen LogP contribution in [-0.4, -0.2) is 60.8 Å². The second kappa shape index (κ2) is 8.08. The summed E-state index contributed by atoms with van der Waals surface area (Å²) in [7, 11) is 0. The minimum atomic E-state index is -0.143. The summed E-state index contributed by atoms with van der Waals surface area (Å²) < 4.78 is 6.47. The van der Waals surface area contributed by atoms with Crippen LogP contribution in [0.25, 0.3) is 0 Å². The topological polar surface area (TPSA) is 53.6 Å². The van der Waals surface area contributed by atoms with Gasteiger partial charge in [0.05, 0.1) is 13.2 Å². The summed E-state index contributed by atoms with van der Waals surface area (Å²) in [6.07, 6.45) is 1.12. The molecule has 2 heterocycles. The van der Waals surface area contributed by atoms with Crippen LogP contribution in [0.2, 0.25) is 0 Å². The van der Waals surface area contributed by atoms with Crippen LogP contribution >= 0.6 is 27.7 Å². The first-order valence-electron chi connectivity index (χ1n) is 8.31. The van der Waals surface area contributed by atoms with Crippen molar-refractivity contribution in [3.63, 3.8) is 0 Å². The molecule has 0 aromatic heterocycles. The highest BCUT2D eigenvalue weighted by atomic mass is 79.9. The van der Waals surface area contributed by atoms with Gasteiger partial charge in [0.15, 0.2) is 0 Å². The van der Waals surface area contributed by atoms with Crippen LogP contribution < -0.4 is 10.6 Å². The first-order valence-corrected chi connectivity index (χ1v) is 10.3. The lowest BCUT2D eigenvalue weighted by Gasteiger charge is -2.43. The predicted molar refractivity (Wildman–Crippen MR) is 103 cm³/mol. The molecule has 0 spiro atoms. The number of nitrogens with one attached hydrogen (secondary N) is 2. The number of nitrogens with zero attached hydrogens (tertiary/aromatic N) is 1. The summed E-state index contributed by atoms with van der Waals surface area (Å²) in [6, 6.07) is 5.69. The van der Waals surface area contributed by atoms with Gasteiger partial charge in [0.1, 0.15) is 0 Å². The fourth-order valence-corrected chi connectivity index (χ4v) is 5.08. The van der Waals surface area contributed by atoms with E-state index in [1.54, 1.807) is 0 Å². The van der Waals surface area contributed by atoms with Gasteiger partial charge >= 0.3 is 6.03 Å². The molecule has 2 aliphatic rings. The number of morpholine rings is 1. The molecule has 0 aliphatic carbocycles. The monoisotopic (exact) mass is 413 g/mol. The molecule has 3 rings (SSSR count). The van der Waals surface area contributed by atoms with Gasteiger partial charge in [0, 0.05) is 41.1 Å².